The highest BCUT2D eigenvalue weighted by molar-refractivity contribution is 6.15. The fourth-order valence-electron chi connectivity index (χ4n) is 11.5. The molecule has 0 amide bonds. The van der Waals surface area contributed by atoms with Crippen molar-refractivity contribution in [1.29, 1.82) is 0 Å². The van der Waals surface area contributed by atoms with E-state index in [4.69, 9.17) is 9.15 Å². The Balaban J connectivity index is 1.05. The quantitative estimate of drug-likeness (QED) is 0.152. The van der Waals surface area contributed by atoms with E-state index in [2.05, 4.69) is 259 Å². The number of para-hydroxylation sites is 4. The normalized spacial score (nSPS) is 12.9. The van der Waals surface area contributed by atoms with Gasteiger partial charge in [0.15, 0.2) is 5.58 Å². The van der Waals surface area contributed by atoms with E-state index in [-0.39, 0.29) is 0 Å². The summed E-state index contributed by atoms with van der Waals surface area (Å²) in [6.07, 6.45) is 0. The van der Waals surface area contributed by atoms with Crippen LogP contribution in [-0.4, -0.2) is 0 Å². The molecule has 2 aliphatic rings. The van der Waals surface area contributed by atoms with E-state index in [9.17, 15) is 0 Å². The number of fused-ring (bicyclic) bond motifs is 8. The van der Waals surface area contributed by atoms with Gasteiger partial charge in [-0.05, 0) is 112 Å². The fourth-order valence-corrected chi connectivity index (χ4v) is 11.5. The van der Waals surface area contributed by atoms with Gasteiger partial charge in [-0.3, -0.25) is 0 Å². The average Bonchev–Trinajstić information content (AvgIpc) is 3.95. The molecule has 0 N–H and O–H groups in total. The summed E-state index contributed by atoms with van der Waals surface area (Å²) >= 11 is 0. The Bertz CT molecular complexity index is 3860. The van der Waals surface area contributed by atoms with Crippen molar-refractivity contribution in [3.05, 3.63) is 277 Å². The van der Waals surface area contributed by atoms with Crippen molar-refractivity contribution in [3.8, 4) is 33.8 Å². The molecule has 4 nitrogen and oxygen atoms in total. The van der Waals surface area contributed by atoms with Crippen molar-refractivity contribution in [2.24, 2.45) is 0 Å². The van der Waals surface area contributed by atoms with E-state index in [1.54, 1.807) is 0 Å². The lowest BCUT2D eigenvalue weighted by Crippen LogP contribution is -2.28. The van der Waals surface area contributed by atoms with Crippen molar-refractivity contribution in [1.82, 2.24) is 0 Å². The minimum atomic E-state index is -0.585. The Morgan fingerprint density at radius 2 is 0.913 bits per heavy atom. The summed E-state index contributed by atoms with van der Waals surface area (Å²) in [5.74, 6) is 1.64. The van der Waals surface area contributed by atoms with Gasteiger partial charge in [0.1, 0.15) is 17.1 Å². The Labute approximate surface area is 400 Å². The van der Waals surface area contributed by atoms with Crippen LogP contribution < -0.4 is 14.5 Å². The second kappa shape index (κ2) is 15.5. The predicted octanol–water partition coefficient (Wildman–Crippen LogP) is 17.8. The number of hydrogen-bond acceptors (Lipinski definition) is 4. The summed E-state index contributed by atoms with van der Waals surface area (Å²) in [6, 6.07) is 91.5. The Hall–Kier alpha value is -9.12. The molecule has 0 atom stereocenters. The standard InChI is InChI=1S/C65H42N2O2/c1-5-20-43(21-6-1)65(44-22-7-2-8-23-44)54-33-15-13-28-48(54)49-39-38-47(42-55(49)65)67(58-35-18-30-51-50-29-14-16-36-59(50)69-64(51)58)56-40-41-61-62-52(56)31-17-32-53(62)63-57(34-19-37-60(63)68-61)66(45-24-9-3-10-25-45)46-26-11-4-12-27-46/h1-42H. The van der Waals surface area contributed by atoms with Gasteiger partial charge in [-0.15, -0.1) is 0 Å². The molecule has 11 aromatic carbocycles. The topological polar surface area (TPSA) is 28.9 Å². The first kappa shape index (κ1) is 39.1. The van der Waals surface area contributed by atoms with Crippen LogP contribution in [0.25, 0.3) is 55.0 Å². The maximum atomic E-state index is 7.03. The molecule has 1 aliphatic carbocycles. The number of ether oxygens (including phenoxy) is 1. The van der Waals surface area contributed by atoms with E-state index < -0.39 is 5.41 Å². The molecule has 14 rings (SSSR count). The number of furan rings is 1. The van der Waals surface area contributed by atoms with Crippen molar-refractivity contribution in [2.75, 3.05) is 9.80 Å². The molecular weight excluding hydrogens is 841 g/mol. The molecule has 0 bridgehead atoms. The summed E-state index contributed by atoms with van der Waals surface area (Å²) in [5, 5.41) is 4.26. The first-order chi connectivity index (χ1) is 34.3. The van der Waals surface area contributed by atoms with Crippen LogP contribution in [0.3, 0.4) is 0 Å². The van der Waals surface area contributed by atoms with Gasteiger partial charge in [-0.2, -0.15) is 0 Å². The zero-order chi connectivity index (χ0) is 45.5. The van der Waals surface area contributed by atoms with Gasteiger partial charge < -0.3 is 19.0 Å². The van der Waals surface area contributed by atoms with E-state index in [1.165, 1.54) is 33.4 Å². The molecule has 0 radical (unpaired) electrons. The third-order valence-electron chi connectivity index (χ3n) is 14.3. The first-order valence-electron chi connectivity index (χ1n) is 23.6. The molecule has 0 unspecified atom stereocenters. The van der Waals surface area contributed by atoms with Crippen LogP contribution >= 0.6 is 0 Å². The maximum Gasteiger partial charge on any atom is 0.159 e. The molecular formula is C65H42N2O2. The lowest BCUT2D eigenvalue weighted by molar-refractivity contribution is 0.487. The SMILES string of the molecule is c1ccc(N(c2ccccc2)c2cccc3c2-c2cccc4c(N(c5ccc6c(c5)C(c5ccccc5)(c5ccccc5)c5ccccc5-6)c5cccc6c5oc5ccccc56)ccc(c24)O3)cc1. The van der Waals surface area contributed by atoms with Gasteiger partial charge in [-0.1, -0.05) is 182 Å². The van der Waals surface area contributed by atoms with Gasteiger partial charge >= 0.3 is 0 Å². The summed E-state index contributed by atoms with van der Waals surface area (Å²) < 4.78 is 13.9. The molecule has 1 aliphatic heterocycles. The van der Waals surface area contributed by atoms with Crippen molar-refractivity contribution < 1.29 is 9.15 Å². The highest BCUT2D eigenvalue weighted by atomic mass is 16.5. The minimum Gasteiger partial charge on any atom is -0.456 e. The molecule has 0 spiro atoms. The Kier molecular flexibility index (Phi) is 8.77. The molecule has 0 fully saturated rings. The molecule has 1 aromatic heterocycles. The van der Waals surface area contributed by atoms with Gasteiger partial charge in [0.25, 0.3) is 0 Å². The third kappa shape index (κ3) is 5.82. The number of benzene rings is 11. The third-order valence-corrected chi connectivity index (χ3v) is 14.3. The fraction of sp³-hybridized carbons (Fsp3) is 0.0154. The van der Waals surface area contributed by atoms with Crippen molar-refractivity contribution in [2.45, 2.75) is 5.41 Å². The second-order valence-corrected chi connectivity index (χ2v) is 17.9. The van der Waals surface area contributed by atoms with Gasteiger partial charge in [0.2, 0.25) is 0 Å². The Morgan fingerprint density at radius 1 is 0.333 bits per heavy atom. The predicted molar refractivity (Wildman–Crippen MR) is 283 cm³/mol. The molecule has 0 saturated carbocycles. The van der Waals surface area contributed by atoms with E-state index in [0.29, 0.717) is 0 Å². The van der Waals surface area contributed by atoms with Crippen molar-refractivity contribution in [3.63, 3.8) is 0 Å². The lowest BCUT2D eigenvalue weighted by atomic mass is 9.67. The van der Waals surface area contributed by atoms with Gasteiger partial charge in [-0.25, -0.2) is 0 Å². The van der Waals surface area contributed by atoms with Crippen LogP contribution in [0.4, 0.5) is 34.1 Å². The van der Waals surface area contributed by atoms with E-state index in [0.717, 1.165) is 89.5 Å². The van der Waals surface area contributed by atoms with E-state index >= 15 is 0 Å². The van der Waals surface area contributed by atoms with Crippen LogP contribution in [0.15, 0.2) is 259 Å². The first-order valence-corrected chi connectivity index (χ1v) is 23.6. The van der Waals surface area contributed by atoms with Crippen molar-refractivity contribution >= 4 is 66.8 Å². The largest absolute Gasteiger partial charge is 0.456 e. The van der Waals surface area contributed by atoms with Crippen LogP contribution in [0.5, 0.6) is 11.5 Å². The number of anilines is 6. The smallest absolute Gasteiger partial charge is 0.159 e. The number of rotatable bonds is 8. The summed E-state index contributed by atoms with van der Waals surface area (Å²) in [7, 11) is 0. The van der Waals surface area contributed by atoms with Crippen LogP contribution in [0.2, 0.25) is 0 Å². The molecule has 324 valence electrons. The van der Waals surface area contributed by atoms with Crippen LogP contribution in [-0.2, 0) is 5.41 Å². The maximum absolute atomic E-state index is 7.03. The monoisotopic (exact) mass is 882 g/mol. The minimum absolute atomic E-state index is 0.585. The van der Waals surface area contributed by atoms with E-state index in [1.807, 2.05) is 6.07 Å². The molecule has 12 aromatic rings. The lowest BCUT2D eigenvalue weighted by Gasteiger charge is -2.35. The van der Waals surface area contributed by atoms with Gasteiger partial charge in [0.05, 0.1) is 22.5 Å². The van der Waals surface area contributed by atoms with Crippen LogP contribution in [0.1, 0.15) is 22.3 Å². The molecule has 4 heteroatoms. The Morgan fingerprint density at radius 3 is 1.67 bits per heavy atom. The molecule has 2 heterocycles. The number of hydrogen-bond donors (Lipinski definition) is 0. The second-order valence-electron chi connectivity index (χ2n) is 17.9. The number of nitrogens with zero attached hydrogens (tertiary/aromatic N) is 2. The summed E-state index contributed by atoms with van der Waals surface area (Å²) in [6.45, 7) is 0. The summed E-state index contributed by atoms with van der Waals surface area (Å²) in [5.41, 5.74) is 16.8. The van der Waals surface area contributed by atoms with Gasteiger partial charge in [0, 0.05) is 44.2 Å². The zero-order valence-corrected chi connectivity index (χ0v) is 37.5. The summed E-state index contributed by atoms with van der Waals surface area (Å²) in [4.78, 5) is 4.75. The zero-order valence-electron chi connectivity index (χ0n) is 37.5. The highest BCUT2D eigenvalue weighted by Crippen LogP contribution is 2.59. The molecule has 69 heavy (non-hydrogen) atoms. The molecule has 0 saturated heterocycles. The average molecular weight is 883 g/mol. The van der Waals surface area contributed by atoms with Crippen LogP contribution in [0, 0.1) is 0 Å². The highest BCUT2D eigenvalue weighted by Gasteiger charge is 2.46.